The van der Waals surface area contributed by atoms with Crippen molar-refractivity contribution in [1.82, 2.24) is 0 Å². The number of fused-ring (bicyclic) bond motifs is 3. The van der Waals surface area contributed by atoms with Gasteiger partial charge in [-0.15, -0.1) is 12.0 Å². The van der Waals surface area contributed by atoms with Crippen molar-refractivity contribution in [3.05, 3.63) is 155 Å². The Morgan fingerprint density at radius 3 is 1.76 bits per heavy atom. The molecule has 0 aliphatic heterocycles. The molecule has 0 radical (unpaired) electrons. The Hall–Kier alpha value is -2.89. The predicted octanol–water partition coefficient (Wildman–Crippen LogP) is 10.1. The number of rotatable bonds is 4. The SMILES string of the molecule is CC(C)(C)c1c[c-]c2c(c1)-c1cc(C(C)(C)C)ccc1C2.[C-]1=CC=CC1.[Zr+2]=[C](Cc1ccccc1)Cc1ccccc1. The van der Waals surface area contributed by atoms with E-state index in [4.69, 9.17) is 0 Å². The summed E-state index contributed by atoms with van der Waals surface area (Å²) in [4.78, 5) is 0. The van der Waals surface area contributed by atoms with Gasteiger partial charge in [0.2, 0.25) is 0 Å². The van der Waals surface area contributed by atoms with E-state index in [0.717, 1.165) is 25.7 Å². The molecule has 0 heterocycles. The molecule has 0 unspecified atom stereocenters. The Morgan fingerprint density at radius 1 is 0.714 bits per heavy atom. The molecule has 2 aliphatic carbocycles. The zero-order valence-electron chi connectivity index (χ0n) is 26.2. The molecular weight excluding hydrogens is 584 g/mol. The van der Waals surface area contributed by atoms with Crippen LogP contribution in [0.4, 0.5) is 0 Å². The van der Waals surface area contributed by atoms with Crippen molar-refractivity contribution in [2.75, 3.05) is 0 Å². The van der Waals surface area contributed by atoms with Gasteiger partial charge in [0, 0.05) is 0 Å². The Morgan fingerprint density at radius 2 is 1.29 bits per heavy atom. The summed E-state index contributed by atoms with van der Waals surface area (Å²) < 4.78 is 1.60. The first-order valence-electron chi connectivity index (χ1n) is 15.1. The molecule has 212 valence electrons. The Kier molecular flexibility index (Phi) is 11.1. The standard InChI is InChI=1S/C21H25.C15H14.C5H5.Zr/c1-20(2,3)16-9-7-14-11-15-8-10-17(21(4,5)6)13-19(15)18(14)12-16;1-3-8-14(9-4-1)12-7-13-15-10-5-2-6-11-15;1-2-4-5-3-1;/h7,9-10,12-13H,11H2,1-6H3;1-6,8-11H,12-13H2;1-3H,4H2;/q-1;;-1;+2. The summed E-state index contributed by atoms with van der Waals surface area (Å²) in [5, 5.41) is 0. The zero-order chi connectivity index (χ0) is 30.2. The molecule has 0 nitrogen and oxygen atoms in total. The third-order valence-electron chi connectivity index (χ3n) is 7.63. The second-order valence-corrected chi connectivity index (χ2v) is 15.0. The van der Waals surface area contributed by atoms with E-state index in [9.17, 15) is 0 Å². The fourth-order valence-electron chi connectivity index (χ4n) is 5.07. The van der Waals surface area contributed by atoms with Gasteiger partial charge in [0.1, 0.15) is 0 Å². The summed E-state index contributed by atoms with van der Waals surface area (Å²) in [6, 6.07) is 36.5. The van der Waals surface area contributed by atoms with Gasteiger partial charge in [-0.3, -0.25) is 6.08 Å². The molecule has 6 rings (SSSR count). The molecule has 4 aromatic carbocycles. The van der Waals surface area contributed by atoms with Gasteiger partial charge >= 0.3 is 112 Å². The normalized spacial score (nSPS) is 13.0. The van der Waals surface area contributed by atoms with Crippen molar-refractivity contribution in [3.8, 4) is 11.1 Å². The van der Waals surface area contributed by atoms with Crippen molar-refractivity contribution >= 4 is 3.21 Å². The quantitative estimate of drug-likeness (QED) is 0.174. The van der Waals surface area contributed by atoms with Gasteiger partial charge in [-0.1, -0.05) is 76.3 Å². The van der Waals surface area contributed by atoms with Crippen LogP contribution in [0.15, 0.2) is 109 Å². The fourth-order valence-corrected chi connectivity index (χ4v) is 6.08. The molecule has 4 aromatic rings. The van der Waals surface area contributed by atoms with E-state index >= 15 is 0 Å². The van der Waals surface area contributed by atoms with Gasteiger partial charge in [-0.05, 0) is 17.4 Å². The fraction of sp³-hybridized carbons (Fsp3) is 0.293. The van der Waals surface area contributed by atoms with Crippen LogP contribution in [0.25, 0.3) is 11.1 Å². The summed E-state index contributed by atoms with van der Waals surface area (Å²) >= 11 is 1.55. The van der Waals surface area contributed by atoms with Crippen LogP contribution < -0.4 is 0 Å². The first kappa shape index (κ1) is 32.0. The van der Waals surface area contributed by atoms with Crippen LogP contribution >= 0.6 is 0 Å². The molecule has 0 N–H and O–H groups in total. The summed E-state index contributed by atoms with van der Waals surface area (Å²) in [6.07, 6.45) is 13.3. The van der Waals surface area contributed by atoms with Crippen LogP contribution in [0.5, 0.6) is 0 Å². The van der Waals surface area contributed by atoms with Crippen molar-refractivity contribution in [1.29, 1.82) is 0 Å². The maximum absolute atomic E-state index is 3.53. The third kappa shape index (κ3) is 9.31. The van der Waals surface area contributed by atoms with Gasteiger partial charge in [0.25, 0.3) is 0 Å². The first-order chi connectivity index (χ1) is 20.0. The van der Waals surface area contributed by atoms with E-state index in [0.29, 0.717) is 0 Å². The molecule has 0 saturated carbocycles. The van der Waals surface area contributed by atoms with Crippen LogP contribution in [0.2, 0.25) is 0 Å². The molecule has 0 saturated heterocycles. The summed E-state index contributed by atoms with van der Waals surface area (Å²) in [7, 11) is 0. The maximum atomic E-state index is 3.53. The average Bonchev–Trinajstić information content (AvgIpc) is 3.65. The Bertz CT molecular complexity index is 1410. The molecule has 42 heavy (non-hydrogen) atoms. The molecule has 0 atom stereocenters. The van der Waals surface area contributed by atoms with E-state index in [1.54, 1.807) is 27.4 Å². The van der Waals surface area contributed by atoms with E-state index < -0.39 is 0 Å². The molecular formula is C41H44Zr. The van der Waals surface area contributed by atoms with Crippen LogP contribution in [-0.4, -0.2) is 3.21 Å². The zero-order valence-corrected chi connectivity index (χ0v) is 28.7. The van der Waals surface area contributed by atoms with Gasteiger partial charge in [0.15, 0.2) is 0 Å². The summed E-state index contributed by atoms with van der Waals surface area (Å²) in [5.74, 6) is 0. The number of hydrogen-bond donors (Lipinski definition) is 0. The van der Waals surface area contributed by atoms with E-state index in [1.165, 1.54) is 44.5 Å². The third-order valence-corrected chi connectivity index (χ3v) is 8.50. The van der Waals surface area contributed by atoms with Crippen LogP contribution in [-0.2, 0) is 54.3 Å². The Labute approximate surface area is 269 Å². The molecule has 1 heteroatoms. The molecule has 0 amide bonds. The molecule has 0 fully saturated rings. The minimum absolute atomic E-state index is 0.177. The van der Waals surface area contributed by atoms with Crippen molar-refractivity contribution in [3.63, 3.8) is 0 Å². The van der Waals surface area contributed by atoms with Gasteiger partial charge in [-0.25, -0.2) is 12.2 Å². The van der Waals surface area contributed by atoms with Crippen molar-refractivity contribution in [2.24, 2.45) is 0 Å². The number of hydrogen-bond acceptors (Lipinski definition) is 0. The van der Waals surface area contributed by atoms with Gasteiger partial charge in [0.05, 0.1) is 0 Å². The van der Waals surface area contributed by atoms with Gasteiger partial charge in [-0.2, -0.15) is 35.4 Å². The summed E-state index contributed by atoms with van der Waals surface area (Å²) in [6.45, 7) is 13.6. The molecule has 2 aliphatic rings. The van der Waals surface area contributed by atoms with Crippen molar-refractivity contribution < 1.29 is 24.2 Å². The van der Waals surface area contributed by atoms with E-state index in [1.807, 2.05) is 12.2 Å². The van der Waals surface area contributed by atoms with Crippen molar-refractivity contribution in [2.45, 2.75) is 78.1 Å². The van der Waals surface area contributed by atoms with Crippen LogP contribution in [0, 0.1) is 12.1 Å². The molecule has 0 bridgehead atoms. The molecule has 0 spiro atoms. The monoisotopic (exact) mass is 626 g/mol. The Balaban J connectivity index is 0.000000170. The van der Waals surface area contributed by atoms with E-state index in [2.05, 4.69) is 151 Å². The first-order valence-corrected chi connectivity index (χ1v) is 16.3. The number of benzene rings is 4. The second-order valence-electron chi connectivity index (χ2n) is 13.3. The number of allylic oxidation sites excluding steroid dienone is 4. The van der Waals surface area contributed by atoms with E-state index in [-0.39, 0.29) is 10.8 Å². The van der Waals surface area contributed by atoms with Gasteiger partial charge < -0.3 is 0 Å². The minimum atomic E-state index is 0.177. The summed E-state index contributed by atoms with van der Waals surface area (Å²) in [5.41, 5.74) is 11.6. The van der Waals surface area contributed by atoms with Crippen LogP contribution in [0.3, 0.4) is 0 Å². The second kappa shape index (κ2) is 14.5. The average molecular weight is 628 g/mol. The predicted molar refractivity (Wildman–Crippen MR) is 178 cm³/mol. The topological polar surface area (TPSA) is 0 Å². The van der Waals surface area contributed by atoms with Crippen LogP contribution in [0.1, 0.15) is 81.3 Å². The molecule has 0 aromatic heterocycles.